The highest BCUT2D eigenvalue weighted by Crippen LogP contribution is 1.89. The van der Waals surface area contributed by atoms with Crippen LogP contribution in [0.3, 0.4) is 0 Å². The number of hydrogen-bond acceptors (Lipinski definition) is 2. The average molecular weight is 150 g/mol. The zero-order chi connectivity index (χ0) is 7.28. The fourth-order valence-electron chi connectivity index (χ4n) is 0.422. The van der Waals surface area contributed by atoms with Gasteiger partial charge in [-0.3, -0.25) is 0 Å². The maximum Gasteiger partial charge on any atom is 0.203 e. The van der Waals surface area contributed by atoms with Crippen LogP contribution < -0.4 is 0 Å². The monoisotopic (exact) mass is 150 g/mol. The van der Waals surface area contributed by atoms with Gasteiger partial charge in [-0.05, 0) is 6.42 Å². The highest BCUT2D eigenvalue weighted by atomic mass is 32.2. The summed E-state index contributed by atoms with van der Waals surface area (Å²) in [4.78, 5) is 0. The summed E-state index contributed by atoms with van der Waals surface area (Å²) >= 11 is 0. The second kappa shape index (κ2) is 4.76. The van der Waals surface area contributed by atoms with Crippen LogP contribution >= 0.6 is 0 Å². The van der Waals surface area contributed by atoms with E-state index >= 15 is 0 Å². The van der Waals surface area contributed by atoms with Crippen LogP contribution in [0.5, 0.6) is 0 Å². The lowest BCUT2D eigenvalue weighted by molar-refractivity contribution is 0.480. The third kappa shape index (κ3) is 4.42. The van der Waals surface area contributed by atoms with Crippen molar-refractivity contribution in [1.29, 1.82) is 0 Å². The van der Waals surface area contributed by atoms with Crippen LogP contribution in [0.25, 0.3) is 0 Å². The number of thiol groups is 1. The van der Waals surface area contributed by atoms with E-state index < -0.39 is 10.9 Å². The molecule has 0 aliphatic carbocycles. The van der Waals surface area contributed by atoms with E-state index in [1.807, 2.05) is 0 Å². The molecule has 0 spiro atoms. The second-order valence-electron chi connectivity index (χ2n) is 1.83. The van der Waals surface area contributed by atoms with Gasteiger partial charge in [0.1, 0.15) is 0 Å². The summed E-state index contributed by atoms with van der Waals surface area (Å²) in [6.07, 6.45) is 1.62. The third-order valence-corrected chi connectivity index (χ3v) is 1.77. The molecule has 0 saturated heterocycles. The van der Waals surface area contributed by atoms with Crippen LogP contribution in [0.4, 0.5) is 0 Å². The number of nitrogens with zero attached hydrogens (tertiary/aromatic N) is 1. The van der Waals surface area contributed by atoms with Gasteiger partial charge in [-0.25, -0.2) is 12.7 Å². The summed E-state index contributed by atoms with van der Waals surface area (Å²) in [6, 6.07) is 0. The maximum absolute atomic E-state index is 10.1. The van der Waals surface area contributed by atoms with Gasteiger partial charge >= 0.3 is 0 Å². The summed E-state index contributed by atoms with van der Waals surface area (Å²) in [5.74, 6) is 0. The van der Waals surface area contributed by atoms with E-state index in [1.54, 1.807) is 7.05 Å². The van der Waals surface area contributed by atoms with Crippen molar-refractivity contribution in [2.24, 2.45) is 0 Å². The molecular weight excluding hydrogens is 138 g/mol. The lowest BCUT2D eigenvalue weighted by Crippen LogP contribution is -2.16. The van der Waals surface area contributed by atoms with Crippen LogP contribution in [0.2, 0.25) is 0 Å². The lowest BCUT2D eigenvalue weighted by atomic mass is 10.3. The van der Waals surface area contributed by atoms with E-state index in [0.29, 0.717) is 6.54 Å². The molecule has 4 heteroatoms. The van der Waals surface area contributed by atoms with Crippen molar-refractivity contribution in [2.75, 3.05) is 13.6 Å². The summed E-state index contributed by atoms with van der Waals surface area (Å²) < 4.78 is 21.6. The quantitative estimate of drug-likeness (QED) is 0.575. The molecule has 9 heavy (non-hydrogen) atoms. The molecule has 0 saturated carbocycles. The van der Waals surface area contributed by atoms with E-state index in [9.17, 15) is 8.42 Å². The molecule has 55 valence electrons. The molecule has 0 aliphatic heterocycles. The van der Waals surface area contributed by atoms with Gasteiger partial charge in [-0.1, -0.05) is 13.3 Å². The molecule has 0 unspecified atom stereocenters. The average Bonchev–Trinajstić information content (AvgIpc) is 1.82. The minimum atomic E-state index is -2.37. The Hall–Kier alpha value is -0.0900. The minimum absolute atomic E-state index is 0.586. The first-order chi connectivity index (χ1) is 4.18. The van der Waals surface area contributed by atoms with E-state index in [0.717, 1.165) is 12.8 Å². The van der Waals surface area contributed by atoms with Crippen molar-refractivity contribution in [3.05, 3.63) is 6.92 Å². The summed E-state index contributed by atoms with van der Waals surface area (Å²) in [6.45, 7) is 4.18. The molecule has 0 atom stereocenters. The molecule has 0 aromatic heterocycles. The first-order valence-corrected chi connectivity index (χ1v) is 3.96. The van der Waals surface area contributed by atoms with Gasteiger partial charge in [-0.2, -0.15) is 0 Å². The van der Waals surface area contributed by atoms with Crippen molar-refractivity contribution in [2.45, 2.75) is 12.8 Å². The Balaban J connectivity index is 3.38. The zero-order valence-corrected chi connectivity index (χ0v) is 6.43. The molecule has 1 radical (unpaired) electrons. The molecule has 3 nitrogen and oxygen atoms in total. The van der Waals surface area contributed by atoms with Gasteiger partial charge in [0.15, 0.2) is 0 Å². The van der Waals surface area contributed by atoms with E-state index in [2.05, 4.69) is 6.92 Å². The summed E-state index contributed by atoms with van der Waals surface area (Å²) in [5, 5.41) is 0. The highest BCUT2D eigenvalue weighted by molar-refractivity contribution is 7.69. The number of hydrogen-bond donors (Lipinski definition) is 1. The van der Waals surface area contributed by atoms with Crippen molar-refractivity contribution >= 4 is 10.9 Å². The molecule has 0 aromatic rings. The Morgan fingerprint density at radius 2 is 2.11 bits per heavy atom. The summed E-state index contributed by atoms with van der Waals surface area (Å²) in [7, 11) is -0.811. The summed E-state index contributed by atoms with van der Waals surface area (Å²) in [5.41, 5.74) is 0. The van der Waals surface area contributed by atoms with Crippen molar-refractivity contribution in [3.8, 4) is 0 Å². The van der Waals surface area contributed by atoms with Crippen LogP contribution in [0.15, 0.2) is 0 Å². The van der Waals surface area contributed by atoms with Crippen molar-refractivity contribution < 1.29 is 8.42 Å². The van der Waals surface area contributed by atoms with E-state index in [4.69, 9.17) is 0 Å². The van der Waals surface area contributed by atoms with Crippen molar-refractivity contribution in [1.82, 2.24) is 4.31 Å². The van der Waals surface area contributed by atoms with Gasteiger partial charge in [0.2, 0.25) is 10.9 Å². The van der Waals surface area contributed by atoms with E-state index in [1.165, 1.54) is 4.31 Å². The SMILES string of the molecule is [CH2]CCCN(C)[SH](=O)=O. The minimum Gasteiger partial charge on any atom is -0.215 e. The zero-order valence-electron chi connectivity index (χ0n) is 5.54. The third-order valence-electron chi connectivity index (χ3n) is 1.01. The maximum atomic E-state index is 10.1. The fraction of sp³-hybridized carbons (Fsp3) is 0.800. The van der Waals surface area contributed by atoms with Crippen LogP contribution in [-0.2, 0) is 10.9 Å². The molecular formula is C5H12NO2S. The smallest absolute Gasteiger partial charge is 0.203 e. The lowest BCUT2D eigenvalue weighted by Gasteiger charge is -2.04. The second-order valence-corrected chi connectivity index (χ2v) is 2.98. The molecule has 0 heterocycles. The standard InChI is InChI=1S/C5H12NO2S/c1-3-4-5-6(2)9(7)8/h9H,1,3-5H2,2H3. The van der Waals surface area contributed by atoms with Crippen LogP contribution in [0.1, 0.15) is 12.8 Å². The first kappa shape index (κ1) is 8.91. The first-order valence-electron chi connectivity index (χ1n) is 2.83. The van der Waals surface area contributed by atoms with Gasteiger partial charge in [0, 0.05) is 13.6 Å². The van der Waals surface area contributed by atoms with Crippen molar-refractivity contribution in [3.63, 3.8) is 0 Å². The Morgan fingerprint density at radius 3 is 2.44 bits per heavy atom. The Kier molecular flexibility index (Phi) is 4.71. The molecule has 0 rings (SSSR count). The van der Waals surface area contributed by atoms with Crippen LogP contribution in [-0.4, -0.2) is 26.3 Å². The molecule has 0 aliphatic rings. The number of unbranched alkanes of at least 4 members (excludes halogenated alkanes) is 1. The van der Waals surface area contributed by atoms with Gasteiger partial charge in [0.05, 0.1) is 0 Å². The topological polar surface area (TPSA) is 37.4 Å². The van der Waals surface area contributed by atoms with Gasteiger partial charge in [0.25, 0.3) is 0 Å². The molecule has 0 fully saturated rings. The van der Waals surface area contributed by atoms with Gasteiger partial charge in [-0.15, -0.1) is 0 Å². The Morgan fingerprint density at radius 1 is 1.56 bits per heavy atom. The molecule has 0 bridgehead atoms. The highest BCUT2D eigenvalue weighted by Gasteiger charge is 1.95. The normalized spacial score (nSPS) is 11.1. The predicted molar refractivity (Wildman–Crippen MR) is 37.5 cm³/mol. The Bertz CT molecular complexity index is 125. The van der Waals surface area contributed by atoms with Crippen LogP contribution in [0, 0.1) is 6.92 Å². The molecule has 0 amide bonds. The molecule has 0 aromatic carbocycles. The van der Waals surface area contributed by atoms with E-state index in [-0.39, 0.29) is 0 Å². The molecule has 0 N–H and O–H groups in total. The fourth-order valence-corrected chi connectivity index (χ4v) is 0.727. The van der Waals surface area contributed by atoms with Gasteiger partial charge < -0.3 is 0 Å². The largest absolute Gasteiger partial charge is 0.215 e. The number of rotatable bonds is 4. The predicted octanol–water partition coefficient (Wildman–Crippen LogP) is 0.0589. The Labute approximate surface area is 57.8 Å².